The molecule has 1 saturated carbocycles. The average Bonchev–Trinajstić information content (AvgIpc) is 3.12. The lowest BCUT2D eigenvalue weighted by Crippen LogP contribution is -2.32. The number of nitrogens with one attached hydrogen (secondary N) is 2. The number of benzene rings is 1. The molecule has 0 spiro atoms. The Kier molecular flexibility index (Phi) is 5.06. The van der Waals surface area contributed by atoms with E-state index in [4.69, 9.17) is 11.6 Å². The van der Waals surface area contributed by atoms with Gasteiger partial charge in [0.15, 0.2) is 0 Å². The molecule has 128 valence electrons. The Morgan fingerprint density at radius 2 is 2.29 bits per heavy atom. The summed E-state index contributed by atoms with van der Waals surface area (Å²) in [7, 11) is 0. The molecule has 2 aromatic rings. The van der Waals surface area contributed by atoms with Gasteiger partial charge in [-0.05, 0) is 50.3 Å². The zero-order valence-corrected chi connectivity index (χ0v) is 14.3. The summed E-state index contributed by atoms with van der Waals surface area (Å²) >= 11 is 6.01. The van der Waals surface area contributed by atoms with Crippen molar-refractivity contribution in [2.45, 2.75) is 32.3 Å². The van der Waals surface area contributed by atoms with E-state index in [9.17, 15) is 9.90 Å². The average molecular weight is 349 g/mol. The first kappa shape index (κ1) is 16.8. The predicted molar refractivity (Wildman–Crippen MR) is 93.7 cm³/mol. The first-order valence-electron chi connectivity index (χ1n) is 8.06. The Bertz CT molecular complexity index is 731. The van der Waals surface area contributed by atoms with Gasteiger partial charge in [-0.2, -0.15) is 5.10 Å². The lowest BCUT2D eigenvalue weighted by atomic mass is 10.1. The quantitative estimate of drug-likeness (QED) is 0.794. The van der Waals surface area contributed by atoms with E-state index in [1.807, 2.05) is 25.1 Å². The van der Waals surface area contributed by atoms with Crippen molar-refractivity contribution in [2.24, 2.45) is 5.92 Å². The molecule has 2 amide bonds. The zero-order valence-electron chi connectivity index (χ0n) is 13.5. The lowest BCUT2D eigenvalue weighted by molar-refractivity contribution is 0.177. The van der Waals surface area contributed by atoms with Crippen molar-refractivity contribution >= 4 is 23.3 Å². The molecule has 3 N–H and O–H groups in total. The normalized spacial score (nSPS) is 20.1. The third-order valence-electron chi connectivity index (χ3n) is 4.38. The number of carbonyl (C=O) groups is 1. The van der Waals surface area contributed by atoms with Crippen molar-refractivity contribution in [3.05, 3.63) is 41.2 Å². The maximum atomic E-state index is 12.1. The van der Waals surface area contributed by atoms with E-state index in [1.165, 1.54) is 0 Å². The molecule has 24 heavy (non-hydrogen) atoms. The number of aromatic nitrogens is 2. The summed E-state index contributed by atoms with van der Waals surface area (Å²) in [6.07, 6.45) is 3.92. The SMILES string of the molecule is Cc1c(NC(=O)NC[C@H]2CC[C@H](O)C2)cnn1-c1cccc(Cl)c1. The number of nitrogens with zero attached hydrogens (tertiary/aromatic N) is 2. The number of hydrogen-bond donors (Lipinski definition) is 3. The van der Waals surface area contributed by atoms with Crippen LogP contribution in [0.3, 0.4) is 0 Å². The standard InChI is InChI=1S/C17H21ClN4O2/c1-11-16(10-20-22(11)14-4-2-3-13(18)8-14)21-17(24)19-9-12-5-6-15(23)7-12/h2-4,8,10,12,15,23H,5-7,9H2,1H3,(H2,19,21,24)/t12-,15-/m0/s1. The van der Waals surface area contributed by atoms with Crippen LogP contribution in [0.15, 0.2) is 30.5 Å². The third kappa shape index (κ3) is 3.88. The van der Waals surface area contributed by atoms with E-state index in [1.54, 1.807) is 16.9 Å². The fraction of sp³-hybridized carbons (Fsp3) is 0.412. The number of halogens is 1. The van der Waals surface area contributed by atoms with Crippen LogP contribution in [0.5, 0.6) is 0 Å². The maximum absolute atomic E-state index is 12.1. The van der Waals surface area contributed by atoms with Crippen LogP contribution in [0.4, 0.5) is 10.5 Å². The second-order valence-electron chi connectivity index (χ2n) is 6.20. The number of urea groups is 1. The van der Waals surface area contributed by atoms with Crippen LogP contribution in [0.1, 0.15) is 25.0 Å². The van der Waals surface area contributed by atoms with Crippen LogP contribution >= 0.6 is 11.6 Å². The molecule has 7 heteroatoms. The van der Waals surface area contributed by atoms with Crippen LogP contribution < -0.4 is 10.6 Å². The predicted octanol–water partition coefficient (Wildman–Crippen LogP) is 3.12. The van der Waals surface area contributed by atoms with Gasteiger partial charge in [-0.1, -0.05) is 17.7 Å². The summed E-state index contributed by atoms with van der Waals surface area (Å²) in [6, 6.07) is 7.12. The fourth-order valence-corrected chi connectivity index (χ4v) is 3.22. The number of carbonyl (C=O) groups excluding carboxylic acids is 1. The second-order valence-corrected chi connectivity index (χ2v) is 6.64. The summed E-state index contributed by atoms with van der Waals surface area (Å²) in [4.78, 5) is 12.1. The summed E-state index contributed by atoms with van der Waals surface area (Å²) in [6.45, 7) is 2.46. The Balaban J connectivity index is 1.60. The molecule has 1 aliphatic rings. The number of rotatable bonds is 4. The molecule has 6 nitrogen and oxygen atoms in total. The van der Waals surface area contributed by atoms with Crippen LogP contribution in [0.2, 0.25) is 5.02 Å². The minimum Gasteiger partial charge on any atom is -0.393 e. The highest BCUT2D eigenvalue weighted by Gasteiger charge is 2.23. The highest BCUT2D eigenvalue weighted by atomic mass is 35.5. The molecule has 1 aromatic heterocycles. The van der Waals surface area contributed by atoms with E-state index >= 15 is 0 Å². The van der Waals surface area contributed by atoms with Crippen LogP contribution in [-0.2, 0) is 0 Å². The minimum absolute atomic E-state index is 0.224. The number of hydrogen-bond acceptors (Lipinski definition) is 3. The minimum atomic E-state index is -0.259. The Morgan fingerprint density at radius 3 is 3.00 bits per heavy atom. The van der Waals surface area contributed by atoms with Gasteiger partial charge in [-0.25, -0.2) is 9.48 Å². The highest BCUT2D eigenvalue weighted by Crippen LogP contribution is 2.24. The van der Waals surface area contributed by atoms with Gasteiger partial charge in [0.2, 0.25) is 0 Å². The van der Waals surface area contributed by atoms with E-state index in [2.05, 4.69) is 15.7 Å². The number of anilines is 1. The van der Waals surface area contributed by atoms with Crippen molar-refractivity contribution in [2.75, 3.05) is 11.9 Å². The molecule has 1 aliphatic carbocycles. The molecule has 0 unspecified atom stereocenters. The number of aliphatic hydroxyl groups is 1. The van der Waals surface area contributed by atoms with Crippen molar-refractivity contribution in [1.82, 2.24) is 15.1 Å². The molecule has 0 saturated heterocycles. The molecule has 1 heterocycles. The van der Waals surface area contributed by atoms with Gasteiger partial charge in [0.25, 0.3) is 0 Å². The topological polar surface area (TPSA) is 79.2 Å². The van der Waals surface area contributed by atoms with Crippen LogP contribution in [0.25, 0.3) is 5.69 Å². The molecular formula is C17H21ClN4O2. The molecule has 0 bridgehead atoms. The smallest absolute Gasteiger partial charge is 0.319 e. The van der Waals surface area contributed by atoms with E-state index in [-0.39, 0.29) is 12.1 Å². The molecule has 1 fully saturated rings. The molecule has 0 aliphatic heterocycles. The first-order chi connectivity index (χ1) is 11.5. The van der Waals surface area contributed by atoms with Gasteiger partial charge in [-0.3, -0.25) is 0 Å². The summed E-state index contributed by atoms with van der Waals surface area (Å²) < 4.78 is 1.73. The van der Waals surface area contributed by atoms with Gasteiger partial charge in [0.05, 0.1) is 29.4 Å². The molecule has 2 atom stereocenters. The van der Waals surface area contributed by atoms with E-state index in [0.717, 1.165) is 30.6 Å². The van der Waals surface area contributed by atoms with Gasteiger partial charge < -0.3 is 15.7 Å². The highest BCUT2D eigenvalue weighted by molar-refractivity contribution is 6.30. The van der Waals surface area contributed by atoms with Crippen LogP contribution in [-0.4, -0.2) is 33.6 Å². The summed E-state index contributed by atoms with van der Waals surface area (Å²) in [5.41, 5.74) is 2.32. The van der Waals surface area contributed by atoms with Crippen molar-refractivity contribution in [3.8, 4) is 5.69 Å². The Morgan fingerprint density at radius 1 is 1.46 bits per heavy atom. The van der Waals surface area contributed by atoms with E-state index < -0.39 is 0 Å². The van der Waals surface area contributed by atoms with Gasteiger partial charge in [-0.15, -0.1) is 0 Å². The van der Waals surface area contributed by atoms with Gasteiger partial charge in [0.1, 0.15) is 0 Å². The Hall–Kier alpha value is -2.05. The maximum Gasteiger partial charge on any atom is 0.319 e. The third-order valence-corrected chi connectivity index (χ3v) is 4.61. The fourth-order valence-electron chi connectivity index (χ4n) is 3.04. The van der Waals surface area contributed by atoms with Crippen molar-refractivity contribution in [3.63, 3.8) is 0 Å². The van der Waals surface area contributed by atoms with Crippen molar-refractivity contribution in [1.29, 1.82) is 0 Å². The molecular weight excluding hydrogens is 328 g/mol. The zero-order chi connectivity index (χ0) is 17.1. The van der Waals surface area contributed by atoms with Gasteiger partial charge >= 0.3 is 6.03 Å². The van der Waals surface area contributed by atoms with Crippen molar-refractivity contribution < 1.29 is 9.90 Å². The summed E-state index contributed by atoms with van der Waals surface area (Å²) in [5.74, 6) is 0.348. The summed E-state index contributed by atoms with van der Waals surface area (Å²) in [5, 5.41) is 20.1. The number of aliphatic hydroxyl groups excluding tert-OH is 1. The molecule has 3 rings (SSSR count). The molecule has 0 radical (unpaired) electrons. The molecule has 1 aromatic carbocycles. The number of amides is 2. The Labute approximate surface area is 145 Å². The lowest BCUT2D eigenvalue weighted by Gasteiger charge is -2.12. The monoisotopic (exact) mass is 348 g/mol. The van der Waals surface area contributed by atoms with E-state index in [0.29, 0.717) is 23.2 Å². The van der Waals surface area contributed by atoms with Crippen LogP contribution in [0, 0.1) is 12.8 Å². The van der Waals surface area contributed by atoms with Gasteiger partial charge in [0, 0.05) is 11.6 Å². The second kappa shape index (κ2) is 7.23. The first-order valence-corrected chi connectivity index (χ1v) is 8.44. The largest absolute Gasteiger partial charge is 0.393 e.